The summed E-state index contributed by atoms with van der Waals surface area (Å²) in [6.07, 6.45) is 4.60. The molecule has 2 N–H and O–H groups in total. The van der Waals surface area contributed by atoms with Crippen molar-refractivity contribution >= 4 is 0 Å². The number of ether oxygens (including phenoxy) is 2. The van der Waals surface area contributed by atoms with Crippen LogP contribution in [0.4, 0.5) is 0 Å². The topological polar surface area (TPSA) is 50.7 Å². The first-order valence-electron chi connectivity index (χ1n) is 7.60. The summed E-state index contributed by atoms with van der Waals surface area (Å²) in [5.41, 5.74) is 0.439. The Morgan fingerprint density at radius 2 is 2.05 bits per heavy atom. The van der Waals surface area contributed by atoms with Crippen LogP contribution in [-0.2, 0) is 9.47 Å². The number of aliphatic hydroxyl groups excluding tert-OH is 1. The summed E-state index contributed by atoms with van der Waals surface area (Å²) < 4.78 is 10.5. The van der Waals surface area contributed by atoms with E-state index in [1.54, 1.807) is 0 Å². The highest BCUT2D eigenvalue weighted by Crippen LogP contribution is 2.34. The molecule has 0 aliphatic heterocycles. The van der Waals surface area contributed by atoms with Crippen molar-refractivity contribution < 1.29 is 14.6 Å². The van der Waals surface area contributed by atoms with Crippen LogP contribution in [0.25, 0.3) is 0 Å². The lowest BCUT2D eigenvalue weighted by atomic mass is 9.75. The second-order valence-electron chi connectivity index (χ2n) is 6.29. The lowest BCUT2D eigenvalue weighted by Gasteiger charge is -2.36. The van der Waals surface area contributed by atoms with Crippen LogP contribution < -0.4 is 5.32 Å². The van der Waals surface area contributed by atoms with Gasteiger partial charge in [0.1, 0.15) is 0 Å². The van der Waals surface area contributed by atoms with Crippen LogP contribution >= 0.6 is 0 Å². The number of hydrogen-bond acceptors (Lipinski definition) is 4. The van der Waals surface area contributed by atoms with Crippen LogP contribution in [0.2, 0.25) is 0 Å². The van der Waals surface area contributed by atoms with Crippen molar-refractivity contribution in [1.82, 2.24) is 5.32 Å². The Kier molecular flexibility index (Phi) is 7.91. The van der Waals surface area contributed by atoms with Crippen molar-refractivity contribution in [3.8, 4) is 0 Å². The molecule has 0 aromatic carbocycles. The maximum atomic E-state index is 9.84. The Labute approximate surface area is 117 Å². The van der Waals surface area contributed by atoms with Crippen LogP contribution in [0.15, 0.2) is 0 Å². The molecule has 0 heterocycles. The molecule has 2 atom stereocenters. The first-order valence-corrected chi connectivity index (χ1v) is 7.60. The molecular formula is C15H31NO3. The molecule has 4 nitrogen and oxygen atoms in total. The third-order valence-corrected chi connectivity index (χ3v) is 3.73. The Morgan fingerprint density at radius 1 is 1.32 bits per heavy atom. The minimum absolute atomic E-state index is 0.385. The largest absolute Gasteiger partial charge is 0.389 e. The van der Waals surface area contributed by atoms with Gasteiger partial charge in [0, 0.05) is 19.2 Å². The maximum absolute atomic E-state index is 9.84. The third-order valence-electron chi connectivity index (χ3n) is 3.73. The molecule has 0 radical (unpaired) electrons. The van der Waals surface area contributed by atoms with E-state index >= 15 is 0 Å². The average molecular weight is 273 g/mol. The van der Waals surface area contributed by atoms with E-state index < -0.39 is 6.10 Å². The van der Waals surface area contributed by atoms with Crippen molar-refractivity contribution in [1.29, 1.82) is 0 Å². The van der Waals surface area contributed by atoms with Crippen molar-refractivity contribution in [3.63, 3.8) is 0 Å². The van der Waals surface area contributed by atoms with E-state index in [-0.39, 0.29) is 0 Å². The predicted octanol–water partition coefficient (Wildman–Crippen LogP) is 1.96. The fraction of sp³-hybridized carbons (Fsp3) is 1.00. The fourth-order valence-corrected chi connectivity index (χ4v) is 2.72. The standard InChI is InChI=1S/C15H31NO3/c1-4-18-8-9-19-12-14(17)11-16-13-6-5-7-15(2,3)10-13/h13-14,16-17H,4-12H2,1-3H3. The lowest BCUT2D eigenvalue weighted by molar-refractivity contribution is 0.00474. The Hall–Kier alpha value is -0.160. The fourth-order valence-electron chi connectivity index (χ4n) is 2.72. The van der Waals surface area contributed by atoms with Gasteiger partial charge in [-0.1, -0.05) is 20.3 Å². The normalized spacial score (nSPS) is 24.3. The van der Waals surface area contributed by atoms with E-state index in [0.717, 1.165) is 0 Å². The average Bonchev–Trinajstić information content (AvgIpc) is 2.35. The van der Waals surface area contributed by atoms with Gasteiger partial charge in [-0.25, -0.2) is 0 Å². The molecule has 0 bridgehead atoms. The Morgan fingerprint density at radius 3 is 2.74 bits per heavy atom. The van der Waals surface area contributed by atoms with Gasteiger partial charge in [0.25, 0.3) is 0 Å². The summed E-state index contributed by atoms with van der Waals surface area (Å²) >= 11 is 0. The van der Waals surface area contributed by atoms with Gasteiger partial charge in [0.2, 0.25) is 0 Å². The van der Waals surface area contributed by atoms with E-state index in [9.17, 15) is 5.11 Å². The second-order valence-corrected chi connectivity index (χ2v) is 6.29. The molecule has 1 rings (SSSR count). The molecule has 0 amide bonds. The first kappa shape index (κ1) is 16.9. The summed E-state index contributed by atoms with van der Waals surface area (Å²) in [4.78, 5) is 0. The van der Waals surface area contributed by atoms with Crippen LogP contribution in [-0.4, -0.2) is 50.2 Å². The molecule has 0 spiro atoms. The number of hydrogen-bond donors (Lipinski definition) is 2. The summed E-state index contributed by atoms with van der Waals surface area (Å²) in [7, 11) is 0. The molecule has 0 aromatic heterocycles. The molecule has 114 valence electrons. The third kappa shape index (κ3) is 7.88. The minimum Gasteiger partial charge on any atom is -0.389 e. The number of nitrogens with one attached hydrogen (secondary N) is 1. The van der Waals surface area contributed by atoms with Gasteiger partial charge < -0.3 is 19.9 Å². The van der Waals surface area contributed by atoms with Crippen molar-refractivity contribution in [2.45, 2.75) is 58.6 Å². The monoisotopic (exact) mass is 273 g/mol. The quantitative estimate of drug-likeness (QED) is 0.631. The Balaban J connectivity index is 2.04. The minimum atomic E-state index is -0.424. The van der Waals surface area contributed by atoms with Gasteiger partial charge in [0.05, 0.1) is 25.9 Å². The lowest BCUT2D eigenvalue weighted by Crippen LogP contribution is -2.42. The highest BCUT2D eigenvalue weighted by atomic mass is 16.5. The Bertz CT molecular complexity index is 233. The van der Waals surface area contributed by atoms with Gasteiger partial charge in [-0.15, -0.1) is 0 Å². The van der Waals surface area contributed by atoms with E-state index in [1.807, 2.05) is 6.92 Å². The van der Waals surface area contributed by atoms with Crippen LogP contribution in [0.5, 0.6) is 0 Å². The summed E-state index contributed by atoms with van der Waals surface area (Å²) in [5.74, 6) is 0. The molecule has 2 unspecified atom stereocenters. The maximum Gasteiger partial charge on any atom is 0.0897 e. The van der Waals surface area contributed by atoms with Crippen molar-refractivity contribution in [2.24, 2.45) is 5.41 Å². The molecule has 1 fully saturated rings. The highest BCUT2D eigenvalue weighted by molar-refractivity contribution is 4.83. The zero-order chi connectivity index (χ0) is 14.1. The van der Waals surface area contributed by atoms with Gasteiger partial charge in [-0.05, 0) is 31.6 Å². The smallest absolute Gasteiger partial charge is 0.0897 e. The van der Waals surface area contributed by atoms with Crippen molar-refractivity contribution in [2.75, 3.05) is 33.0 Å². The predicted molar refractivity (Wildman–Crippen MR) is 77.4 cm³/mol. The van der Waals surface area contributed by atoms with Gasteiger partial charge in [-0.3, -0.25) is 0 Å². The number of aliphatic hydroxyl groups is 1. The van der Waals surface area contributed by atoms with Gasteiger partial charge >= 0.3 is 0 Å². The van der Waals surface area contributed by atoms with E-state index in [0.29, 0.717) is 44.4 Å². The molecule has 1 aliphatic carbocycles. The molecule has 19 heavy (non-hydrogen) atoms. The molecule has 4 heteroatoms. The molecular weight excluding hydrogens is 242 g/mol. The zero-order valence-electron chi connectivity index (χ0n) is 12.8. The highest BCUT2D eigenvalue weighted by Gasteiger charge is 2.27. The summed E-state index contributed by atoms with van der Waals surface area (Å²) in [5, 5.41) is 13.3. The second kappa shape index (κ2) is 8.90. The van der Waals surface area contributed by atoms with Crippen LogP contribution in [0.3, 0.4) is 0 Å². The van der Waals surface area contributed by atoms with Crippen LogP contribution in [0.1, 0.15) is 46.5 Å². The zero-order valence-corrected chi connectivity index (χ0v) is 12.8. The van der Waals surface area contributed by atoms with E-state index in [1.165, 1.54) is 25.7 Å². The van der Waals surface area contributed by atoms with E-state index in [4.69, 9.17) is 9.47 Å². The molecule has 1 aliphatic rings. The summed E-state index contributed by atoms with van der Waals surface area (Å²) in [6, 6.07) is 0.543. The van der Waals surface area contributed by atoms with Crippen LogP contribution in [0, 0.1) is 5.41 Å². The van der Waals surface area contributed by atoms with Gasteiger partial charge in [-0.2, -0.15) is 0 Å². The number of rotatable bonds is 9. The van der Waals surface area contributed by atoms with E-state index in [2.05, 4.69) is 19.2 Å². The molecule has 0 saturated heterocycles. The SMILES string of the molecule is CCOCCOCC(O)CNC1CCCC(C)(C)C1. The summed E-state index contributed by atoms with van der Waals surface area (Å²) in [6.45, 7) is 9.50. The molecule has 1 saturated carbocycles. The first-order chi connectivity index (χ1) is 9.03. The molecule has 0 aromatic rings. The van der Waals surface area contributed by atoms with Crippen molar-refractivity contribution in [3.05, 3.63) is 0 Å². The van der Waals surface area contributed by atoms with Gasteiger partial charge in [0.15, 0.2) is 0 Å².